The van der Waals surface area contributed by atoms with Gasteiger partial charge in [-0.05, 0) is 24.1 Å². The van der Waals surface area contributed by atoms with E-state index >= 15 is 0 Å². The molecule has 0 saturated heterocycles. The van der Waals surface area contributed by atoms with Crippen molar-refractivity contribution in [3.63, 3.8) is 0 Å². The highest BCUT2D eigenvalue weighted by molar-refractivity contribution is 5.99. The van der Waals surface area contributed by atoms with Crippen molar-refractivity contribution < 1.29 is 23.1 Å². The average Bonchev–Trinajstić information content (AvgIpc) is 3.01. The molecular formula is C18H16F3N3O2. The summed E-state index contributed by atoms with van der Waals surface area (Å²) in [5, 5.41) is 14.9. The van der Waals surface area contributed by atoms with Gasteiger partial charge in [-0.2, -0.15) is 23.3 Å². The van der Waals surface area contributed by atoms with Gasteiger partial charge >= 0.3 is 6.18 Å². The summed E-state index contributed by atoms with van der Waals surface area (Å²) in [6, 6.07) is 9.14. The monoisotopic (exact) mass is 363 g/mol. The highest BCUT2D eigenvalue weighted by atomic mass is 19.4. The largest absolute Gasteiger partial charge is 0.431 e. The summed E-state index contributed by atoms with van der Waals surface area (Å²) in [6.45, 7) is 1.93. The number of aliphatic hydroxyl groups is 1. The molecule has 5 nitrogen and oxygen atoms in total. The van der Waals surface area contributed by atoms with Crippen LogP contribution in [-0.2, 0) is 12.1 Å². The third-order valence-electron chi connectivity index (χ3n) is 4.26. The molecule has 1 amide bonds. The number of alkyl halides is 3. The first-order valence-electron chi connectivity index (χ1n) is 7.97. The summed E-state index contributed by atoms with van der Waals surface area (Å²) in [4.78, 5) is 16.5. The Balaban J connectivity index is 2.05. The summed E-state index contributed by atoms with van der Waals surface area (Å²) < 4.78 is 39.6. The zero-order valence-electron chi connectivity index (χ0n) is 13.9. The zero-order valence-corrected chi connectivity index (χ0v) is 13.9. The number of amides is 1. The van der Waals surface area contributed by atoms with Crippen LogP contribution in [-0.4, -0.2) is 32.9 Å². The lowest BCUT2D eigenvalue weighted by Crippen LogP contribution is -2.43. The van der Waals surface area contributed by atoms with Gasteiger partial charge in [0.15, 0.2) is 5.72 Å². The van der Waals surface area contributed by atoms with Gasteiger partial charge in [0.25, 0.3) is 5.91 Å². The van der Waals surface area contributed by atoms with Gasteiger partial charge in [0.05, 0.1) is 6.42 Å². The van der Waals surface area contributed by atoms with Crippen LogP contribution in [0, 0.1) is 0 Å². The second-order valence-electron chi connectivity index (χ2n) is 5.94. The number of aromatic nitrogens is 1. The van der Waals surface area contributed by atoms with Crippen LogP contribution >= 0.6 is 0 Å². The Morgan fingerprint density at radius 1 is 1.19 bits per heavy atom. The zero-order chi connectivity index (χ0) is 18.9. The van der Waals surface area contributed by atoms with E-state index in [0.29, 0.717) is 5.01 Å². The number of hydrogen-bond donors (Lipinski definition) is 1. The average molecular weight is 363 g/mol. The molecule has 0 fully saturated rings. The van der Waals surface area contributed by atoms with Crippen molar-refractivity contribution in [1.29, 1.82) is 0 Å². The SMILES string of the molecule is CCc1ccc([C@@]2(O)CC(C(F)(F)F)=NN2C(=O)c2ccncc2)cc1. The van der Waals surface area contributed by atoms with Crippen molar-refractivity contribution in [2.24, 2.45) is 5.10 Å². The summed E-state index contributed by atoms with van der Waals surface area (Å²) >= 11 is 0. The molecule has 1 aromatic carbocycles. The molecule has 1 aromatic heterocycles. The fraction of sp³-hybridized carbons (Fsp3) is 0.278. The number of hydrazone groups is 1. The predicted octanol–water partition coefficient (Wildman–Crippen LogP) is 3.25. The van der Waals surface area contributed by atoms with Gasteiger partial charge in [-0.1, -0.05) is 31.2 Å². The number of nitrogens with zero attached hydrogens (tertiary/aromatic N) is 3. The van der Waals surface area contributed by atoms with Gasteiger partial charge in [0.1, 0.15) is 5.71 Å². The first-order chi connectivity index (χ1) is 12.3. The number of benzene rings is 1. The van der Waals surface area contributed by atoms with E-state index in [-0.39, 0.29) is 11.1 Å². The Labute approximate surface area is 147 Å². The van der Waals surface area contributed by atoms with Crippen LogP contribution in [0.5, 0.6) is 0 Å². The standard InChI is InChI=1S/C18H16F3N3O2/c1-2-12-3-5-14(6-4-12)17(26)11-15(18(19,20)21)23-24(17)16(25)13-7-9-22-10-8-13/h3-10,26H,2,11H2,1H3/t17-/m0/s1. The number of carbonyl (C=O) groups is 1. The Hall–Kier alpha value is -2.74. The lowest BCUT2D eigenvalue weighted by atomic mass is 9.95. The van der Waals surface area contributed by atoms with E-state index in [9.17, 15) is 23.1 Å². The molecule has 1 atom stereocenters. The van der Waals surface area contributed by atoms with E-state index in [4.69, 9.17) is 0 Å². The van der Waals surface area contributed by atoms with Crippen molar-refractivity contribution in [2.45, 2.75) is 31.7 Å². The van der Waals surface area contributed by atoms with Gasteiger partial charge in [0, 0.05) is 23.5 Å². The van der Waals surface area contributed by atoms with Crippen LogP contribution in [0.25, 0.3) is 0 Å². The molecule has 8 heteroatoms. The highest BCUT2D eigenvalue weighted by Crippen LogP contribution is 2.40. The van der Waals surface area contributed by atoms with Crippen LogP contribution in [0.1, 0.15) is 34.8 Å². The van der Waals surface area contributed by atoms with Gasteiger partial charge in [-0.3, -0.25) is 9.78 Å². The summed E-state index contributed by atoms with van der Waals surface area (Å²) in [5.41, 5.74) is -2.21. The van der Waals surface area contributed by atoms with Gasteiger partial charge in [-0.25, -0.2) is 0 Å². The molecule has 0 saturated carbocycles. The van der Waals surface area contributed by atoms with Crippen LogP contribution in [0.4, 0.5) is 13.2 Å². The minimum atomic E-state index is -4.75. The van der Waals surface area contributed by atoms with Crippen LogP contribution in [0.3, 0.4) is 0 Å². The minimum Gasteiger partial charge on any atom is -0.365 e. The number of pyridine rings is 1. The number of carbonyl (C=O) groups excluding carboxylic acids is 1. The first-order valence-corrected chi connectivity index (χ1v) is 7.97. The lowest BCUT2D eigenvalue weighted by molar-refractivity contribution is -0.0816. The van der Waals surface area contributed by atoms with Crippen molar-refractivity contribution in [1.82, 2.24) is 9.99 Å². The molecule has 136 valence electrons. The molecule has 1 aliphatic heterocycles. The van der Waals surface area contributed by atoms with Gasteiger partial charge in [-0.15, -0.1) is 0 Å². The Morgan fingerprint density at radius 3 is 2.35 bits per heavy atom. The molecule has 1 N–H and O–H groups in total. The fourth-order valence-corrected chi connectivity index (χ4v) is 2.77. The summed E-state index contributed by atoms with van der Waals surface area (Å²) in [6.07, 6.45) is -2.16. The maximum Gasteiger partial charge on any atom is 0.431 e. The molecule has 26 heavy (non-hydrogen) atoms. The smallest absolute Gasteiger partial charge is 0.365 e. The topological polar surface area (TPSA) is 65.8 Å². The third kappa shape index (κ3) is 3.20. The summed E-state index contributed by atoms with van der Waals surface area (Å²) in [5.74, 6) is -0.839. The number of halogens is 3. The maximum absolute atomic E-state index is 13.2. The van der Waals surface area contributed by atoms with E-state index in [2.05, 4.69) is 10.1 Å². The molecular weight excluding hydrogens is 347 g/mol. The molecule has 2 aromatic rings. The summed E-state index contributed by atoms with van der Waals surface area (Å²) in [7, 11) is 0. The fourth-order valence-electron chi connectivity index (χ4n) is 2.77. The number of rotatable bonds is 3. The van der Waals surface area contributed by atoms with Crippen LogP contribution < -0.4 is 0 Å². The van der Waals surface area contributed by atoms with Crippen LogP contribution in [0.15, 0.2) is 53.9 Å². The predicted molar refractivity (Wildman–Crippen MR) is 88.2 cm³/mol. The normalized spacial score (nSPS) is 20.2. The quantitative estimate of drug-likeness (QED) is 0.910. The van der Waals surface area contributed by atoms with E-state index in [1.54, 1.807) is 12.1 Å². The molecule has 3 rings (SSSR count). The molecule has 0 unspecified atom stereocenters. The molecule has 0 radical (unpaired) electrons. The van der Waals surface area contributed by atoms with Crippen molar-refractivity contribution in [3.05, 3.63) is 65.5 Å². The molecule has 1 aliphatic rings. The Bertz CT molecular complexity index is 835. The number of aryl methyl sites for hydroxylation is 1. The molecule has 0 spiro atoms. The molecule has 0 aliphatic carbocycles. The van der Waals surface area contributed by atoms with Crippen molar-refractivity contribution >= 4 is 11.6 Å². The van der Waals surface area contributed by atoms with E-state index in [0.717, 1.165) is 12.0 Å². The number of hydrogen-bond acceptors (Lipinski definition) is 4. The Morgan fingerprint density at radius 2 is 1.81 bits per heavy atom. The molecule has 2 heterocycles. The van der Waals surface area contributed by atoms with Gasteiger partial charge in [0.2, 0.25) is 0 Å². The van der Waals surface area contributed by atoms with E-state index < -0.39 is 29.9 Å². The highest BCUT2D eigenvalue weighted by Gasteiger charge is 2.53. The van der Waals surface area contributed by atoms with Crippen molar-refractivity contribution in [2.75, 3.05) is 0 Å². The van der Waals surface area contributed by atoms with E-state index in [1.807, 2.05) is 6.92 Å². The Kier molecular flexibility index (Phi) is 4.53. The second-order valence-corrected chi connectivity index (χ2v) is 5.94. The van der Waals surface area contributed by atoms with Crippen LogP contribution in [0.2, 0.25) is 0 Å². The maximum atomic E-state index is 13.2. The molecule has 0 bridgehead atoms. The second kappa shape index (κ2) is 6.53. The first kappa shape index (κ1) is 18.1. The van der Waals surface area contributed by atoms with Gasteiger partial charge < -0.3 is 5.11 Å². The van der Waals surface area contributed by atoms with E-state index in [1.165, 1.54) is 36.7 Å². The van der Waals surface area contributed by atoms with Crippen molar-refractivity contribution in [3.8, 4) is 0 Å². The minimum absolute atomic E-state index is 0.0794. The lowest BCUT2D eigenvalue weighted by Gasteiger charge is -2.31. The third-order valence-corrected chi connectivity index (χ3v) is 4.26.